The van der Waals surface area contributed by atoms with E-state index < -0.39 is 0 Å². The summed E-state index contributed by atoms with van der Waals surface area (Å²) in [6.07, 6.45) is 12.6. The molecule has 3 nitrogen and oxygen atoms in total. The van der Waals surface area contributed by atoms with Crippen LogP contribution in [0.4, 0.5) is 4.79 Å². The van der Waals surface area contributed by atoms with Crippen LogP contribution in [0.15, 0.2) is 0 Å². The van der Waals surface area contributed by atoms with E-state index in [0.717, 1.165) is 6.54 Å². The van der Waals surface area contributed by atoms with Gasteiger partial charge in [0.1, 0.15) is 0 Å². The molecule has 0 aromatic rings. The Hall–Kier alpha value is -0.730. The molecule has 0 saturated heterocycles. The summed E-state index contributed by atoms with van der Waals surface area (Å²) in [6, 6.07) is 1.12. The third kappa shape index (κ3) is 3.63. The predicted octanol–water partition coefficient (Wildman–Crippen LogP) is 3.68. The first kappa shape index (κ1) is 13.7. The molecule has 0 atom stereocenters. The Morgan fingerprint density at radius 1 is 1.00 bits per heavy atom. The van der Waals surface area contributed by atoms with Gasteiger partial charge in [-0.05, 0) is 32.6 Å². The molecule has 3 heteroatoms. The van der Waals surface area contributed by atoms with Gasteiger partial charge in [0.15, 0.2) is 0 Å². The van der Waals surface area contributed by atoms with Gasteiger partial charge in [-0.25, -0.2) is 4.79 Å². The zero-order valence-electron chi connectivity index (χ0n) is 11.8. The molecule has 2 aliphatic rings. The molecule has 2 amide bonds. The maximum Gasteiger partial charge on any atom is 0.317 e. The number of nitrogens with zero attached hydrogens (tertiary/aromatic N) is 1. The second-order valence-corrected chi connectivity index (χ2v) is 5.86. The fourth-order valence-electron chi connectivity index (χ4n) is 3.46. The second-order valence-electron chi connectivity index (χ2n) is 5.86. The molecular formula is C15H28N2O. The molecule has 2 rings (SSSR count). The van der Waals surface area contributed by atoms with Crippen molar-refractivity contribution in [1.82, 2.24) is 10.2 Å². The monoisotopic (exact) mass is 252 g/mol. The van der Waals surface area contributed by atoms with Gasteiger partial charge < -0.3 is 10.2 Å². The molecule has 18 heavy (non-hydrogen) atoms. The molecule has 0 heterocycles. The van der Waals surface area contributed by atoms with E-state index in [-0.39, 0.29) is 6.03 Å². The highest BCUT2D eigenvalue weighted by molar-refractivity contribution is 5.74. The van der Waals surface area contributed by atoms with Gasteiger partial charge >= 0.3 is 6.03 Å². The Bertz CT molecular complexity index is 255. The van der Waals surface area contributed by atoms with E-state index in [4.69, 9.17) is 0 Å². The molecule has 0 unspecified atom stereocenters. The molecule has 0 aromatic carbocycles. The molecule has 104 valence electrons. The van der Waals surface area contributed by atoms with Crippen LogP contribution in [0.5, 0.6) is 0 Å². The first-order valence-electron chi connectivity index (χ1n) is 7.88. The standard InChI is InChI=1S/C15H28N2O/c1-2-17(14-11-7-4-8-12-14)15(18)16-13-9-5-3-6-10-13/h13-14H,2-12H2,1H3,(H,16,18). The lowest BCUT2D eigenvalue weighted by Gasteiger charge is -2.35. The third-order valence-electron chi connectivity index (χ3n) is 4.55. The van der Waals surface area contributed by atoms with E-state index in [9.17, 15) is 4.79 Å². The maximum atomic E-state index is 12.4. The third-order valence-corrected chi connectivity index (χ3v) is 4.55. The number of rotatable bonds is 3. The fourth-order valence-corrected chi connectivity index (χ4v) is 3.46. The average Bonchev–Trinajstić information content (AvgIpc) is 2.42. The Balaban J connectivity index is 1.83. The number of hydrogen-bond acceptors (Lipinski definition) is 1. The van der Waals surface area contributed by atoms with Crippen LogP contribution in [0.3, 0.4) is 0 Å². The smallest absolute Gasteiger partial charge is 0.317 e. The summed E-state index contributed by atoms with van der Waals surface area (Å²) in [5.41, 5.74) is 0. The Labute approximate surface area is 111 Å². The fraction of sp³-hybridized carbons (Fsp3) is 0.933. The van der Waals surface area contributed by atoms with Crippen molar-refractivity contribution in [2.75, 3.05) is 6.54 Å². The van der Waals surface area contributed by atoms with Gasteiger partial charge in [0.25, 0.3) is 0 Å². The van der Waals surface area contributed by atoms with Gasteiger partial charge in [-0.1, -0.05) is 38.5 Å². The first-order valence-corrected chi connectivity index (χ1v) is 7.88. The number of carbonyl (C=O) groups is 1. The summed E-state index contributed by atoms with van der Waals surface area (Å²) in [6.45, 7) is 2.96. The minimum Gasteiger partial charge on any atom is -0.335 e. The largest absolute Gasteiger partial charge is 0.335 e. The number of hydrogen-bond donors (Lipinski definition) is 1. The highest BCUT2D eigenvalue weighted by Crippen LogP contribution is 2.23. The molecule has 1 N–H and O–H groups in total. The average molecular weight is 252 g/mol. The highest BCUT2D eigenvalue weighted by atomic mass is 16.2. The van der Waals surface area contributed by atoms with Crippen LogP contribution in [0.25, 0.3) is 0 Å². The summed E-state index contributed by atoms with van der Waals surface area (Å²) < 4.78 is 0. The summed E-state index contributed by atoms with van der Waals surface area (Å²) >= 11 is 0. The number of carbonyl (C=O) groups excluding carboxylic acids is 1. The first-order chi connectivity index (χ1) is 8.81. The molecule has 0 spiro atoms. The summed E-state index contributed by atoms with van der Waals surface area (Å²) in [7, 11) is 0. The van der Waals surface area contributed by atoms with Crippen LogP contribution in [0.2, 0.25) is 0 Å². The number of nitrogens with one attached hydrogen (secondary N) is 1. The van der Waals surface area contributed by atoms with Crippen LogP contribution in [-0.2, 0) is 0 Å². The highest BCUT2D eigenvalue weighted by Gasteiger charge is 2.25. The van der Waals surface area contributed by atoms with Crippen molar-refractivity contribution in [2.45, 2.75) is 83.2 Å². The van der Waals surface area contributed by atoms with Gasteiger partial charge in [0, 0.05) is 18.6 Å². The quantitative estimate of drug-likeness (QED) is 0.816. The van der Waals surface area contributed by atoms with Crippen molar-refractivity contribution < 1.29 is 4.79 Å². The van der Waals surface area contributed by atoms with Gasteiger partial charge in [-0.2, -0.15) is 0 Å². The molecule has 0 radical (unpaired) electrons. The number of amides is 2. The SMILES string of the molecule is CCN(C(=O)NC1CCCCC1)C1CCCCC1. The van der Waals surface area contributed by atoms with Crippen LogP contribution in [-0.4, -0.2) is 29.6 Å². The lowest BCUT2D eigenvalue weighted by atomic mass is 9.94. The van der Waals surface area contributed by atoms with Gasteiger partial charge in [0.05, 0.1) is 0 Å². The van der Waals surface area contributed by atoms with E-state index >= 15 is 0 Å². The summed E-state index contributed by atoms with van der Waals surface area (Å²) in [5.74, 6) is 0. The van der Waals surface area contributed by atoms with Crippen molar-refractivity contribution >= 4 is 6.03 Å². The molecule has 0 aromatic heterocycles. The molecule has 0 aliphatic heterocycles. The second kappa shape index (κ2) is 7.01. The maximum absolute atomic E-state index is 12.4. The summed E-state index contributed by atoms with van der Waals surface area (Å²) in [5, 5.41) is 3.25. The number of urea groups is 1. The molecule has 0 bridgehead atoms. The van der Waals surface area contributed by atoms with Crippen molar-refractivity contribution in [1.29, 1.82) is 0 Å². The van der Waals surface area contributed by atoms with E-state index in [1.165, 1.54) is 64.2 Å². The van der Waals surface area contributed by atoms with Crippen LogP contribution in [0, 0.1) is 0 Å². The Morgan fingerprint density at radius 2 is 1.56 bits per heavy atom. The zero-order chi connectivity index (χ0) is 12.8. The Morgan fingerprint density at radius 3 is 2.11 bits per heavy atom. The van der Waals surface area contributed by atoms with Gasteiger partial charge in [-0.3, -0.25) is 0 Å². The minimum absolute atomic E-state index is 0.191. The van der Waals surface area contributed by atoms with E-state index in [2.05, 4.69) is 17.1 Å². The summed E-state index contributed by atoms with van der Waals surface area (Å²) in [4.78, 5) is 14.4. The zero-order valence-corrected chi connectivity index (χ0v) is 11.8. The molecular weight excluding hydrogens is 224 g/mol. The van der Waals surface area contributed by atoms with Crippen LogP contribution < -0.4 is 5.32 Å². The van der Waals surface area contributed by atoms with Gasteiger partial charge in [0.2, 0.25) is 0 Å². The Kier molecular flexibility index (Phi) is 5.33. The minimum atomic E-state index is 0.191. The van der Waals surface area contributed by atoms with Crippen LogP contribution >= 0.6 is 0 Å². The molecule has 2 fully saturated rings. The van der Waals surface area contributed by atoms with E-state index in [1.54, 1.807) is 0 Å². The lowest BCUT2D eigenvalue weighted by molar-refractivity contribution is 0.154. The van der Waals surface area contributed by atoms with Gasteiger partial charge in [-0.15, -0.1) is 0 Å². The molecule has 2 saturated carbocycles. The van der Waals surface area contributed by atoms with Crippen molar-refractivity contribution in [3.8, 4) is 0 Å². The van der Waals surface area contributed by atoms with E-state index in [0.29, 0.717) is 12.1 Å². The predicted molar refractivity (Wildman–Crippen MR) is 74.7 cm³/mol. The van der Waals surface area contributed by atoms with E-state index in [1.807, 2.05) is 0 Å². The topological polar surface area (TPSA) is 32.3 Å². The van der Waals surface area contributed by atoms with Crippen LogP contribution in [0.1, 0.15) is 71.1 Å². The van der Waals surface area contributed by atoms with Crippen molar-refractivity contribution in [3.63, 3.8) is 0 Å². The normalized spacial score (nSPS) is 22.7. The lowest BCUT2D eigenvalue weighted by Crippen LogP contribution is -2.50. The molecule has 2 aliphatic carbocycles. The van der Waals surface area contributed by atoms with Crippen molar-refractivity contribution in [3.05, 3.63) is 0 Å². The van der Waals surface area contributed by atoms with Crippen molar-refractivity contribution in [2.24, 2.45) is 0 Å².